The molecule has 0 N–H and O–H groups in total. The van der Waals surface area contributed by atoms with E-state index in [9.17, 15) is 0 Å². The van der Waals surface area contributed by atoms with Gasteiger partial charge in [-0.15, -0.1) is 0 Å². The molecule has 0 fully saturated rings. The fourth-order valence-electron chi connectivity index (χ4n) is 11.0. The Bertz CT molecular complexity index is 2970. The lowest BCUT2D eigenvalue weighted by Crippen LogP contribution is -2.22. The molecule has 0 saturated carbocycles. The van der Waals surface area contributed by atoms with Gasteiger partial charge in [-0.05, 0) is 139 Å². The monoisotopic (exact) mass is 785 g/mol. The van der Waals surface area contributed by atoms with E-state index in [-0.39, 0.29) is 17.9 Å². The van der Waals surface area contributed by atoms with Crippen LogP contribution in [-0.4, -0.2) is 5.71 Å². The summed E-state index contributed by atoms with van der Waals surface area (Å²) in [6.07, 6.45) is 21.0. The van der Waals surface area contributed by atoms with Crippen molar-refractivity contribution in [3.05, 3.63) is 238 Å². The highest BCUT2D eigenvalue weighted by atomic mass is 14.8. The maximum absolute atomic E-state index is 5.42. The van der Waals surface area contributed by atoms with Crippen molar-refractivity contribution in [2.24, 2.45) is 16.8 Å². The summed E-state index contributed by atoms with van der Waals surface area (Å²) in [5, 5.41) is 2.69. The third-order valence-corrected chi connectivity index (χ3v) is 14.0. The van der Waals surface area contributed by atoms with Gasteiger partial charge in [0.2, 0.25) is 0 Å². The maximum atomic E-state index is 5.42. The molecule has 0 aromatic heterocycles. The molecule has 0 spiro atoms. The molecule has 0 bridgehead atoms. The summed E-state index contributed by atoms with van der Waals surface area (Å²) in [4.78, 5) is 5.42. The van der Waals surface area contributed by atoms with E-state index in [1.807, 2.05) is 0 Å². The second kappa shape index (κ2) is 15.8. The fraction of sp³-hybridized carbons (Fsp3) is 0.183. The van der Waals surface area contributed by atoms with Crippen LogP contribution in [0.4, 0.5) is 0 Å². The first kappa shape index (κ1) is 37.4. The Morgan fingerprint density at radius 3 is 2.31 bits per heavy atom. The molecule has 61 heavy (non-hydrogen) atoms. The molecule has 1 aliphatic heterocycles. The van der Waals surface area contributed by atoms with Gasteiger partial charge in [-0.1, -0.05) is 189 Å². The average Bonchev–Trinajstić information content (AvgIpc) is 3.32. The molecule has 0 amide bonds. The van der Waals surface area contributed by atoms with E-state index in [1.165, 1.54) is 99.9 Å². The Morgan fingerprint density at radius 1 is 0.689 bits per heavy atom. The number of dihydropyridines is 1. The molecule has 4 unspecified atom stereocenters. The minimum absolute atomic E-state index is 0.0897. The molecule has 4 atom stereocenters. The lowest BCUT2D eigenvalue weighted by atomic mass is 9.72. The minimum Gasteiger partial charge on any atom is -0.280 e. The molecular weight excluding hydrogens is 735 g/mol. The van der Waals surface area contributed by atoms with Crippen molar-refractivity contribution >= 4 is 28.1 Å². The highest BCUT2D eigenvalue weighted by Gasteiger charge is 2.32. The molecule has 4 aliphatic rings. The number of nitrogens with zero attached hydrogens (tertiary/aromatic N) is 1. The summed E-state index contributed by atoms with van der Waals surface area (Å²) in [7, 11) is 0. The van der Waals surface area contributed by atoms with Crippen LogP contribution in [0.1, 0.15) is 87.4 Å². The molecular formula is C60H51N. The molecule has 3 aliphatic carbocycles. The normalized spacial score (nSPS) is 20.1. The van der Waals surface area contributed by atoms with Gasteiger partial charge in [0, 0.05) is 23.5 Å². The van der Waals surface area contributed by atoms with Crippen LogP contribution in [0.25, 0.3) is 44.7 Å². The number of hydrogen-bond donors (Lipinski definition) is 0. The van der Waals surface area contributed by atoms with E-state index < -0.39 is 0 Å². The lowest BCUT2D eigenvalue weighted by Gasteiger charge is -2.32. The van der Waals surface area contributed by atoms with Crippen LogP contribution in [0.15, 0.2) is 187 Å². The van der Waals surface area contributed by atoms with E-state index in [0.717, 1.165) is 32.1 Å². The second-order valence-electron chi connectivity index (χ2n) is 17.6. The summed E-state index contributed by atoms with van der Waals surface area (Å²) in [5.74, 6) is 0.819. The zero-order valence-corrected chi connectivity index (χ0v) is 35.2. The van der Waals surface area contributed by atoms with E-state index in [4.69, 9.17) is 4.99 Å². The zero-order valence-electron chi connectivity index (χ0n) is 35.2. The van der Waals surface area contributed by atoms with Gasteiger partial charge in [0.1, 0.15) is 0 Å². The molecule has 7 aromatic rings. The van der Waals surface area contributed by atoms with Gasteiger partial charge in [0.25, 0.3) is 0 Å². The topological polar surface area (TPSA) is 12.4 Å². The molecule has 296 valence electrons. The van der Waals surface area contributed by atoms with Crippen molar-refractivity contribution in [2.75, 3.05) is 0 Å². The van der Waals surface area contributed by atoms with E-state index in [2.05, 4.69) is 202 Å². The number of aliphatic imine (C=N–C) groups is 1. The van der Waals surface area contributed by atoms with Crippen LogP contribution in [0.5, 0.6) is 0 Å². The Morgan fingerprint density at radius 2 is 1.48 bits per heavy atom. The molecule has 1 heteroatoms. The van der Waals surface area contributed by atoms with Crippen molar-refractivity contribution < 1.29 is 0 Å². The number of rotatable bonds is 7. The van der Waals surface area contributed by atoms with Crippen LogP contribution >= 0.6 is 0 Å². The number of allylic oxidation sites excluding steroid dienone is 6. The van der Waals surface area contributed by atoms with Gasteiger partial charge in [0.05, 0.1) is 6.04 Å². The Labute approximate surface area is 361 Å². The smallest absolute Gasteiger partial charge is 0.0818 e. The largest absolute Gasteiger partial charge is 0.280 e. The highest BCUT2D eigenvalue weighted by molar-refractivity contribution is 6.05. The van der Waals surface area contributed by atoms with Gasteiger partial charge in [0.15, 0.2) is 0 Å². The van der Waals surface area contributed by atoms with Crippen molar-refractivity contribution in [2.45, 2.75) is 57.9 Å². The third-order valence-electron chi connectivity index (χ3n) is 14.0. The first-order valence-electron chi connectivity index (χ1n) is 22.4. The number of benzene rings is 7. The van der Waals surface area contributed by atoms with Crippen LogP contribution in [-0.2, 0) is 19.3 Å². The molecule has 0 saturated heterocycles. The van der Waals surface area contributed by atoms with Gasteiger partial charge in [-0.3, -0.25) is 4.99 Å². The average molecular weight is 786 g/mol. The van der Waals surface area contributed by atoms with Crippen molar-refractivity contribution in [1.82, 2.24) is 0 Å². The number of fused-ring (bicyclic) bond motifs is 5. The third kappa shape index (κ3) is 6.77. The standard InChI is InChI=1S/C60H51N/c1-39-17-9-12-24-49(39)58-47(34-33-41-18-10-14-26-51(41)58)36-56-50-25-13-11-23-46(50)35-48-37-55(52-27-15-16-28-53(52)59(48)56)43-31-29-42(30-32-43)54-38-57(44-19-5-3-6-20-44)61-60(40(54)2)45-21-7-4-8-22-45/h3-13,15-19,21-25,27-35,38,40,44,55,60H,14,20,26,36-37H2,1-2H3. The molecule has 7 aromatic carbocycles. The zero-order chi connectivity index (χ0) is 40.9. The van der Waals surface area contributed by atoms with Crippen LogP contribution < -0.4 is 0 Å². The van der Waals surface area contributed by atoms with Gasteiger partial charge >= 0.3 is 0 Å². The van der Waals surface area contributed by atoms with Gasteiger partial charge < -0.3 is 0 Å². The van der Waals surface area contributed by atoms with Gasteiger partial charge in [-0.25, -0.2) is 0 Å². The van der Waals surface area contributed by atoms with E-state index in [1.54, 1.807) is 0 Å². The van der Waals surface area contributed by atoms with Crippen LogP contribution in [0, 0.1) is 18.8 Å². The quantitative estimate of drug-likeness (QED) is 0.153. The minimum atomic E-state index is 0.0897. The number of aryl methyl sites for hydroxylation is 1. The Balaban J connectivity index is 0.991. The van der Waals surface area contributed by atoms with Crippen molar-refractivity contribution in [1.29, 1.82) is 0 Å². The molecule has 11 rings (SSSR count). The predicted octanol–water partition coefficient (Wildman–Crippen LogP) is 15.1. The lowest BCUT2D eigenvalue weighted by molar-refractivity contribution is 0.573. The molecule has 0 radical (unpaired) electrons. The highest BCUT2D eigenvalue weighted by Crippen LogP contribution is 2.49. The summed E-state index contributed by atoms with van der Waals surface area (Å²) < 4.78 is 0. The molecule has 1 nitrogen and oxygen atoms in total. The summed E-state index contributed by atoms with van der Waals surface area (Å²) in [5.41, 5.74) is 22.1. The maximum Gasteiger partial charge on any atom is 0.0818 e. The summed E-state index contributed by atoms with van der Waals surface area (Å²) >= 11 is 0. The fourth-order valence-corrected chi connectivity index (χ4v) is 11.0. The van der Waals surface area contributed by atoms with Gasteiger partial charge in [-0.2, -0.15) is 0 Å². The second-order valence-corrected chi connectivity index (χ2v) is 17.6. The first-order chi connectivity index (χ1) is 30.1. The summed E-state index contributed by atoms with van der Waals surface area (Å²) in [6, 6.07) is 55.2. The van der Waals surface area contributed by atoms with E-state index >= 15 is 0 Å². The SMILES string of the molecule is Cc1ccccc1-c1c(Cc2c3c(cc4ccccc24)CC(c2ccc(C4=CC(C5C=CC=CC5)=NC(c5ccccc5)C4C)cc2)c2ccccc2-3)ccc2c1CCC=C2. The Hall–Kier alpha value is -6.57. The van der Waals surface area contributed by atoms with Crippen LogP contribution in [0.3, 0.4) is 0 Å². The van der Waals surface area contributed by atoms with Crippen molar-refractivity contribution in [3.63, 3.8) is 0 Å². The van der Waals surface area contributed by atoms with E-state index in [0.29, 0.717) is 5.92 Å². The summed E-state index contributed by atoms with van der Waals surface area (Å²) in [6.45, 7) is 4.63. The predicted molar refractivity (Wildman–Crippen MR) is 258 cm³/mol. The first-order valence-corrected chi connectivity index (χ1v) is 22.4. The molecule has 1 heterocycles. The Kier molecular flexibility index (Phi) is 9.69. The number of hydrogen-bond acceptors (Lipinski definition) is 1. The van der Waals surface area contributed by atoms with Crippen molar-refractivity contribution in [3.8, 4) is 22.3 Å². The van der Waals surface area contributed by atoms with Crippen LogP contribution in [0.2, 0.25) is 0 Å².